The lowest BCUT2D eigenvalue weighted by atomic mass is 10.2. The van der Waals surface area contributed by atoms with Crippen LogP contribution in [0.15, 0.2) is 58.1 Å². The molecule has 0 aliphatic carbocycles. The van der Waals surface area contributed by atoms with E-state index in [2.05, 4.69) is 34.3 Å². The van der Waals surface area contributed by atoms with Crippen LogP contribution in [0.3, 0.4) is 0 Å². The summed E-state index contributed by atoms with van der Waals surface area (Å²) in [5.41, 5.74) is 2.43. The minimum atomic E-state index is -0.0646. The molecule has 0 amide bonds. The van der Waals surface area contributed by atoms with E-state index in [9.17, 15) is 9.59 Å². The Balaban J connectivity index is 2.16. The molecule has 142 valence electrons. The third-order valence-corrected chi connectivity index (χ3v) is 3.83. The van der Waals surface area contributed by atoms with Crippen LogP contribution in [0.25, 0.3) is 0 Å². The van der Waals surface area contributed by atoms with E-state index in [1.807, 2.05) is 13.8 Å². The average Bonchev–Trinajstić information content (AvgIpc) is 2.98. The van der Waals surface area contributed by atoms with Crippen LogP contribution in [0, 0.1) is 23.7 Å². The summed E-state index contributed by atoms with van der Waals surface area (Å²) in [6.07, 6.45) is 1.89. The van der Waals surface area contributed by atoms with Gasteiger partial charge in [0.05, 0.1) is 11.4 Å². The van der Waals surface area contributed by atoms with Gasteiger partial charge in [0.25, 0.3) is 0 Å². The van der Waals surface area contributed by atoms with Gasteiger partial charge in [0.2, 0.25) is 10.9 Å². The average molecular weight is 372 g/mol. The number of nitrogens with one attached hydrogen (secondary N) is 2. The van der Waals surface area contributed by atoms with Gasteiger partial charge in [-0.2, -0.15) is 0 Å². The third-order valence-electron chi connectivity index (χ3n) is 3.83. The Morgan fingerprint density at radius 1 is 0.643 bits per heavy atom. The minimum Gasteiger partial charge on any atom is -0.382 e. The molecule has 0 bridgehead atoms. The molecule has 0 aliphatic rings. The van der Waals surface area contributed by atoms with Gasteiger partial charge in [-0.1, -0.05) is 25.7 Å². The van der Waals surface area contributed by atoms with Gasteiger partial charge in [0, 0.05) is 24.2 Å². The van der Waals surface area contributed by atoms with Gasteiger partial charge in [0.15, 0.2) is 0 Å². The van der Waals surface area contributed by atoms with Gasteiger partial charge in [-0.25, -0.2) is 0 Å². The maximum atomic E-state index is 12.0. The molecule has 4 heteroatoms. The molecule has 4 nitrogen and oxygen atoms in total. The van der Waals surface area contributed by atoms with E-state index >= 15 is 0 Å². The fourth-order valence-electron chi connectivity index (χ4n) is 2.32. The molecular formula is C24H24N2O2. The predicted octanol–water partition coefficient (Wildman–Crippen LogP) is 3.45. The Hall–Kier alpha value is -3.50. The smallest absolute Gasteiger partial charge is 0.201 e. The highest BCUT2D eigenvalue weighted by Gasteiger charge is 1.96. The molecule has 2 N–H and O–H groups in total. The number of rotatable bonds is 6. The summed E-state index contributed by atoms with van der Waals surface area (Å²) in [4.78, 5) is 23.9. The van der Waals surface area contributed by atoms with Gasteiger partial charge in [-0.15, -0.1) is 0 Å². The normalized spacial score (nSPS) is 9.36. The van der Waals surface area contributed by atoms with E-state index in [-0.39, 0.29) is 10.9 Å². The van der Waals surface area contributed by atoms with Crippen molar-refractivity contribution in [2.45, 2.75) is 26.7 Å². The van der Waals surface area contributed by atoms with E-state index < -0.39 is 0 Å². The van der Waals surface area contributed by atoms with Crippen molar-refractivity contribution >= 4 is 11.4 Å². The highest BCUT2D eigenvalue weighted by atomic mass is 16.1. The molecule has 0 spiro atoms. The molecule has 2 aromatic carbocycles. The van der Waals surface area contributed by atoms with E-state index in [1.54, 1.807) is 36.4 Å². The summed E-state index contributed by atoms with van der Waals surface area (Å²) < 4.78 is 0. The van der Waals surface area contributed by atoms with Crippen LogP contribution in [-0.2, 0) is 0 Å². The summed E-state index contributed by atoms with van der Waals surface area (Å²) in [6, 6.07) is 13.5. The van der Waals surface area contributed by atoms with Crippen LogP contribution in [0.4, 0.5) is 11.4 Å². The van der Waals surface area contributed by atoms with Crippen LogP contribution in [0.1, 0.15) is 37.8 Å². The van der Waals surface area contributed by atoms with Gasteiger partial charge < -0.3 is 10.6 Å². The van der Waals surface area contributed by atoms with E-state index in [0.29, 0.717) is 22.5 Å². The number of hydrogen-bond acceptors (Lipinski definition) is 4. The first-order valence-corrected chi connectivity index (χ1v) is 9.42. The summed E-state index contributed by atoms with van der Waals surface area (Å²) in [7, 11) is 0. The van der Waals surface area contributed by atoms with Crippen LogP contribution >= 0.6 is 0 Å². The van der Waals surface area contributed by atoms with Gasteiger partial charge in [-0.3, -0.25) is 9.59 Å². The van der Waals surface area contributed by atoms with Gasteiger partial charge in [-0.05, 0) is 73.2 Å². The molecule has 0 saturated carbocycles. The lowest BCUT2D eigenvalue weighted by Gasteiger charge is -1.99. The Bertz CT molecular complexity index is 967. The summed E-state index contributed by atoms with van der Waals surface area (Å²) in [6.45, 7) is 5.59. The molecule has 2 rings (SSSR count). The first-order valence-electron chi connectivity index (χ1n) is 9.42. The largest absolute Gasteiger partial charge is 0.382 e. The van der Waals surface area contributed by atoms with Crippen molar-refractivity contribution in [3.8, 4) is 23.7 Å². The first kappa shape index (κ1) is 20.8. The van der Waals surface area contributed by atoms with Crippen molar-refractivity contribution in [3.63, 3.8) is 0 Å². The van der Waals surface area contributed by atoms with Crippen molar-refractivity contribution < 1.29 is 0 Å². The predicted molar refractivity (Wildman–Crippen MR) is 117 cm³/mol. The van der Waals surface area contributed by atoms with Crippen LogP contribution < -0.4 is 21.5 Å². The zero-order valence-corrected chi connectivity index (χ0v) is 16.3. The molecule has 0 aromatic heterocycles. The molecule has 0 saturated heterocycles. The Morgan fingerprint density at radius 2 is 1.04 bits per heavy atom. The highest BCUT2D eigenvalue weighted by Crippen LogP contribution is 2.02. The monoisotopic (exact) mass is 372 g/mol. The van der Waals surface area contributed by atoms with Crippen molar-refractivity contribution in [3.05, 3.63) is 80.1 Å². The molecule has 0 heterocycles. The van der Waals surface area contributed by atoms with Gasteiger partial charge in [0.1, 0.15) is 0 Å². The van der Waals surface area contributed by atoms with Crippen LogP contribution in [-0.4, -0.2) is 13.1 Å². The van der Waals surface area contributed by atoms with Crippen molar-refractivity contribution in [1.82, 2.24) is 0 Å². The summed E-state index contributed by atoms with van der Waals surface area (Å²) >= 11 is 0. The van der Waals surface area contributed by atoms with Crippen molar-refractivity contribution in [2.75, 3.05) is 23.7 Å². The van der Waals surface area contributed by atoms with E-state index in [4.69, 9.17) is 0 Å². The number of hydrogen-bond donors (Lipinski definition) is 2. The lowest BCUT2D eigenvalue weighted by molar-refractivity contribution is 0.978. The first-order chi connectivity index (χ1) is 13.6. The minimum absolute atomic E-state index is 0.0646. The summed E-state index contributed by atoms with van der Waals surface area (Å²) in [5.74, 6) is 11.5. The molecule has 0 unspecified atom stereocenters. The molecule has 0 aliphatic heterocycles. The zero-order valence-electron chi connectivity index (χ0n) is 16.3. The Morgan fingerprint density at radius 3 is 1.43 bits per heavy atom. The maximum Gasteiger partial charge on any atom is 0.201 e. The quantitative estimate of drug-likeness (QED) is 0.763. The van der Waals surface area contributed by atoms with E-state index in [1.165, 1.54) is 12.1 Å². The molecule has 0 fully saturated rings. The second-order valence-electron chi connectivity index (χ2n) is 6.15. The standard InChI is InChI=1S/C24H24N2O2/c1-3-17-25-21-13-9-19(11-15-23(21)27)7-5-6-8-20-10-14-22(26-18-4-2)24(28)16-12-20/h9-16H,3-4,17-18H2,1-2H3,(H,25,27)(H,26,28). The second kappa shape index (κ2) is 11.3. The Labute approximate surface area is 166 Å². The molecule has 0 radical (unpaired) electrons. The molecule has 0 atom stereocenters. The lowest BCUT2D eigenvalue weighted by Crippen LogP contribution is -2.08. The number of anilines is 2. The SMILES string of the molecule is CCCNc1ccc(C#CC#Cc2ccc(NCCC)c(=O)cc2)ccc1=O. The zero-order chi connectivity index (χ0) is 20.2. The van der Waals surface area contributed by atoms with Crippen LogP contribution in [0.5, 0.6) is 0 Å². The highest BCUT2D eigenvalue weighted by molar-refractivity contribution is 5.49. The fourth-order valence-corrected chi connectivity index (χ4v) is 2.32. The Kier molecular flexibility index (Phi) is 8.37. The van der Waals surface area contributed by atoms with Crippen molar-refractivity contribution in [2.24, 2.45) is 0 Å². The second-order valence-corrected chi connectivity index (χ2v) is 6.15. The molecular weight excluding hydrogens is 348 g/mol. The molecule has 2 aromatic rings. The third kappa shape index (κ3) is 6.67. The van der Waals surface area contributed by atoms with Gasteiger partial charge >= 0.3 is 0 Å². The maximum absolute atomic E-state index is 12.0. The van der Waals surface area contributed by atoms with E-state index in [0.717, 1.165) is 25.9 Å². The molecule has 28 heavy (non-hydrogen) atoms. The topological polar surface area (TPSA) is 58.2 Å². The summed E-state index contributed by atoms with van der Waals surface area (Å²) in [5, 5.41) is 6.21. The fraction of sp³-hybridized carbons (Fsp3) is 0.250. The van der Waals surface area contributed by atoms with Crippen molar-refractivity contribution in [1.29, 1.82) is 0 Å². The van der Waals surface area contributed by atoms with Crippen LogP contribution in [0.2, 0.25) is 0 Å².